The van der Waals surface area contributed by atoms with Crippen molar-refractivity contribution in [3.8, 4) is 5.75 Å². The molecule has 0 unspecified atom stereocenters. The molecule has 0 aromatic heterocycles. The van der Waals surface area contributed by atoms with Gasteiger partial charge in [0, 0.05) is 26.2 Å². The summed E-state index contributed by atoms with van der Waals surface area (Å²) in [4.78, 5) is 2.13. The SMILES string of the molecule is CCOc1c(F)cc([C@@H](CO)N2CCNCC2)cc1Cl.Cl. The van der Waals surface area contributed by atoms with Crippen molar-refractivity contribution < 1.29 is 14.2 Å². The molecule has 0 amide bonds. The molecule has 2 rings (SSSR count). The average molecular weight is 339 g/mol. The number of ether oxygens (including phenoxy) is 1. The number of piperazine rings is 1. The molecule has 1 aromatic rings. The van der Waals surface area contributed by atoms with Crippen molar-refractivity contribution in [2.75, 3.05) is 39.4 Å². The lowest BCUT2D eigenvalue weighted by atomic mass is 10.0. The maximum atomic E-state index is 14.0. The van der Waals surface area contributed by atoms with Gasteiger partial charge in [0.15, 0.2) is 11.6 Å². The van der Waals surface area contributed by atoms with Gasteiger partial charge in [-0.3, -0.25) is 4.90 Å². The predicted molar refractivity (Wildman–Crippen MR) is 84.1 cm³/mol. The largest absolute Gasteiger partial charge is 0.489 e. The fourth-order valence-electron chi connectivity index (χ4n) is 2.48. The molecule has 2 N–H and O–H groups in total. The number of nitrogens with one attached hydrogen (secondary N) is 1. The van der Waals surface area contributed by atoms with Crippen molar-refractivity contribution >= 4 is 24.0 Å². The van der Waals surface area contributed by atoms with Crippen molar-refractivity contribution in [1.82, 2.24) is 10.2 Å². The third kappa shape index (κ3) is 4.44. The van der Waals surface area contributed by atoms with E-state index in [0.29, 0.717) is 12.2 Å². The zero-order chi connectivity index (χ0) is 14.5. The molecule has 0 spiro atoms. The zero-order valence-electron chi connectivity index (χ0n) is 11.9. The minimum absolute atomic E-state index is 0. The molecule has 1 atom stereocenters. The maximum Gasteiger partial charge on any atom is 0.173 e. The van der Waals surface area contributed by atoms with Crippen molar-refractivity contribution in [3.05, 3.63) is 28.5 Å². The smallest absolute Gasteiger partial charge is 0.173 e. The van der Waals surface area contributed by atoms with Gasteiger partial charge in [0.1, 0.15) is 0 Å². The van der Waals surface area contributed by atoms with E-state index in [9.17, 15) is 9.50 Å². The first-order valence-electron chi connectivity index (χ1n) is 6.84. The van der Waals surface area contributed by atoms with E-state index in [0.717, 1.165) is 26.2 Å². The summed E-state index contributed by atoms with van der Waals surface area (Å²) in [7, 11) is 0. The fourth-order valence-corrected chi connectivity index (χ4v) is 2.75. The standard InChI is InChI=1S/C14H20ClFN2O2.ClH/c1-2-20-14-11(15)7-10(8-12(14)16)13(9-19)18-5-3-17-4-6-18;/h7-8,13,17,19H,2-6,9H2,1H3;1H/t13-;/m1./s1. The Morgan fingerprint density at radius 1 is 1.43 bits per heavy atom. The summed E-state index contributed by atoms with van der Waals surface area (Å²) in [5, 5.41) is 13.1. The van der Waals surface area contributed by atoms with Crippen LogP contribution in [0.1, 0.15) is 18.5 Å². The molecule has 0 saturated carbocycles. The quantitative estimate of drug-likeness (QED) is 0.864. The normalized spacial score (nSPS) is 17.1. The van der Waals surface area contributed by atoms with Gasteiger partial charge in [-0.05, 0) is 24.6 Å². The number of nitrogens with zero attached hydrogens (tertiary/aromatic N) is 1. The number of benzene rings is 1. The molecule has 1 fully saturated rings. The Morgan fingerprint density at radius 2 is 2.10 bits per heavy atom. The van der Waals surface area contributed by atoms with Crippen LogP contribution in [0.2, 0.25) is 5.02 Å². The first-order chi connectivity index (χ1) is 9.67. The lowest BCUT2D eigenvalue weighted by Gasteiger charge is -2.34. The number of aliphatic hydroxyl groups is 1. The van der Waals surface area contributed by atoms with Crippen LogP contribution in [0.4, 0.5) is 4.39 Å². The second-order valence-corrected chi connectivity index (χ2v) is 5.14. The van der Waals surface area contributed by atoms with Gasteiger partial charge in [-0.25, -0.2) is 4.39 Å². The highest BCUT2D eigenvalue weighted by atomic mass is 35.5. The lowest BCUT2D eigenvalue weighted by molar-refractivity contribution is 0.110. The molecular formula is C14H21Cl2FN2O2. The van der Waals surface area contributed by atoms with E-state index < -0.39 is 5.82 Å². The molecule has 120 valence electrons. The third-order valence-electron chi connectivity index (χ3n) is 3.46. The number of halogens is 3. The van der Waals surface area contributed by atoms with E-state index in [4.69, 9.17) is 16.3 Å². The van der Waals surface area contributed by atoms with E-state index in [-0.39, 0.29) is 35.8 Å². The Labute approximate surface area is 135 Å². The van der Waals surface area contributed by atoms with E-state index in [1.54, 1.807) is 13.0 Å². The van der Waals surface area contributed by atoms with Crippen LogP contribution < -0.4 is 10.1 Å². The third-order valence-corrected chi connectivity index (χ3v) is 3.74. The molecular weight excluding hydrogens is 318 g/mol. The number of hydrogen-bond acceptors (Lipinski definition) is 4. The van der Waals surface area contributed by atoms with Crippen LogP contribution in [0.25, 0.3) is 0 Å². The molecule has 1 aliphatic rings. The maximum absolute atomic E-state index is 14.0. The highest BCUT2D eigenvalue weighted by molar-refractivity contribution is 6.32. The van der Waals surface area contributed by atoms with Crippen molar-refractivity contribution in [2.24, 2.45) is 0 Å². The molecule has 0 radical (unpaired) electrons. The summed E-state index contributed by atoms with van der Waals surface area (Å²) in [5.41, 5.74) is 0.681. The molecule has 21 heavy (non-hydrogen) atoms. The van der Waals surface area contributed by atoms with Crippen LogP contribution in [-0.4, -0.2) is 49.4 Å². The minimum atomic E-state index is -0.483. The highest BCUT2D eigenvalue weighted by Gasteiger charge is 2.23. The van der Waals surface area contributed by atoms with Gasteiger partial charge in [0.05, 0.1) is 24.3 Å². The Balaban J connectivity index is 0.00000220. The van der Waals surface area contributed by atoms with Gasteiger partial charge in [-0.15, -0.1) is 12.4 Å². The molecule has 1 aromatic carbocycles. The van der Waals surface area contributed by atoms with Gasteiger partial charge in [-0.1, -0.05) is 11.6 Å². The van der Waals surface area contributed by atoms with Crippen molar-refractivity contribution in [3.63, 3.8) is 0 Å². The van der Waals surface area contributed by atoms with Gasteiger partial charge in [0.25, 0.3) is 0 Å². The van der Waals surface area contributed by atoms with Gasteiger partial charge in [-0.2, -0.15) is 0 Å². The number of aliphatic hydroxyl groups excluding tert-OH is 1. The van der Waals surface area contributed by atoms with Gasteiger partial charge in [0.2, 0.25) is 0 Å². The molecule has 7 heteroatoms. The Kier molecular flexibility index (Phi) is 7.70. The molecule has 1 heterocycles. The lowest BCUT2D eigenvalue weighted by Crippen LogP contribution is -2.46. The van der Waals surface area contributed by atoms with Crippen LogP contribution >= 0.6 is 24.0 Å². The van der Waals surface area contributed by atoms with Crippen LogP contribution in [-0.2, 0) is 0 Å². The van der Waals surface area contributed by atoms with E-state index in [1.165, 1.54) is 6.07 Å². The number of rotatable bonds is 5. The van der Waals surface area contributed by atoms with Crippen LogP contribution in [0.5, 0.6) is 5.75 Å². The second-order valence-electron chi connectivity index (χ2n) is 4.73. The van der Waals surface area contributed by atoms with Crippen LogP contribution in [0.15, 0.2) is 12.1 Å². The number of hydrogen-bond donors (Lipinski definition) is 2. The molecule has 0 aliphatic carbocycles. The Bertz CT molecular complexity index is 434. The Hall–Kier alpha value is -0.590. The first-order valence-corrected chi connectivity index (χ1v) is 7.22. The summed E-state index contributed by atoms with van der Waals surface area (Å²) in [6.07, 6.45) is 0. The summed E-state index contributed by atoms with van der Waals surface area (Å²) in [5.74, 6) is -0.405. The van der Waals surface area contributed by atoms with Gasteiger partial charge >= 0.3 is 0 Å². The second kappa shape index (κ2) is 8.76. The molecule has 4 nitrogen and oxygen atoms in total. The zero-order valence-corrected chi connectivity index (χ0v) is 13.5. The first kappa shape index (κ1) is 18.5. The van der Waals surface area contributed by atoms with Crippen molar-refractivity contribution in [1.29, 1.82) is 0 Å². The van der Waals surface area contributed by atoms with E-state index in [1.807, 2.05) is 0 Å². The highest BCUT2D eigenvalue weighted by Crippen LogP contribution is 2.33. The predicted octanol–water partition coefficient (Wildman–Crippen LogP) is 2.24. The van der Waals surface area contributed by atoms with E-state index >= 15 is 0 Å². The Morgan fingerprint density at radius 3 is 2.62 bits per heavy atom. The summed E-state index contributed by atoms with van der Waals surface area (Å²) in [6.45, 7) is 5.44. The molecule has 0 bridgehead atoms. The van der Waals surface area contributed by atoms with Gasteiger partial charge < -0.3 is 15.2 Å². The van der Waals surface area contributed by atoms with Crippen molar-refractivity contribution in [2.45, 2.75) is 13.0 Å². The summed E-state index contributed by atoms with van der Waals surface area (Å²) < 4.78 is 19.2. The summed E-state index contributed by atoms with van der Waals surface area (Å²) >= 11 is 6.08. The summed E-state index contributed by atoms with van der Waals surface area (Å²) in [6, 6.07) is 2.85. The molecule has 1 aliphatic heterocycles. The van der Waals surface area contributed by atoms with E-state index in [2.05, 4.69) is 10.2 Å². The topological polar surface area (TPSA) is 44.7 Å². The van der Waals surface area contributed by atoms with Crippen LogP contribution in [0.3, 0.4) is 0 Å². The monoisotopic (exact) mass is 338 g/mol. The minimum Gasteiger partial charge on any atom is -0.489 e. The van der Waals surface area contributed by atoms with Crippen LogP contribution in [0, 0.1) is 5.82 Å². The average Bonchev–Trinajstić information content (AvgIpc) is 2.45. The molecule has 1 saturated heterocycles. The fraction of sp³-hybridized carbons (Fsp3) is 0.571.